The van der Waals surface area contributed by atoms with Crippen LogP contribution in [0.2, 0.25) is 0 Å². The Morgan fingerprint density at radius 1 is 0.963 bits per heavy atom. The molecule has 0 N–H and O–H groups in total. The maximum Gasteiger partial charge on any atom is 0.339 e. The van der Waals surface area contributed by atoms with Gasteiger partial charge in [-0.25, -0.2) is 9.59 Å². The summed E-state index contributed by atoms with van der Waals surface area (Å²) in [6.07, 6.45) is 4.97. The first kappa shape index (κ1) is 23.2. The summed E-state index contributed by atoms with van der Waals surface area (Å²) in [6, 6.07) is 6.58. The second kappa shape index (κ2) is 11.8. The lowest BCUT2D eigenvalue weighted by Crippen LogP contribution is -2.28. The van der Waals surface area contributed by atoms with Crippen LogP contribution in [0.3, 0.4) is 0 Å². The zero-order valence-corrected chi connectivity index (χ0v) is 17.4. The van der Waals surface area contributed by atoms with Gasteiger partial charge >= 0.3 is 11.9 Å². The lowest BCUT2D eigenvalue weighted by molar-refractivity contribution is -0.0531. The quantitative estimate of drug-likeness (QED) is 0.392. The van der Waals surface area contributed by atoms with Gasteiger partial charge in [0.2, 0.25) is 0 Å². The smallest absolute Gasteiger partial charge is 0.339 e. The van der Waals surface area contributed by atoms with Crippen LogP contribution < -0.4 is 0 Å². The number of rotatable bonds is 11. The molecule has 0 bridgehead atoms. The van der Waals surface area contributed by atoms with Crippen LogP contribution in [-0.2, 0) is 14.2 Å². The molecule has 5 nitrogen and oxygen atoms in total. The fraction of sp³-hybridized carbons (Fsp3) is 0.636. The van der Waals surface area contributed by atoms with E-state index >= 15 is 0 Å². The van der Waals surface area contributed by atoms with E-state index < -0.39 is 18.0 Å². The van der Waals surface area contributed by atoms with Crippen molar-refractivity contribution < 1.29 is 23.8 Å². The van der Waals surface area contributed by atoms with Crippen LogP contribution in [0.5, 0.6) is 0 Å². The molecule has 0 aliphatic heterocycles. The number of benzene rings is 1. The third kappa shape index (κ3) is 9.57. The number of hydrogen-bond acceptors (Lipinski definition) is 5. The Morgan fingerprint density at radius 3 is 2.15 bits per heavy atom. The van der Waals surface area contributed by atoms with Crippen molar-refractivity contribution in [3.8, 4) is 0 Å². The monoisotopic (exact) mass is 378 g/mol. The Bertz CT molecular complexity index is 589. The molecule has 0 aliphatic carbocycles. The van der Waals surface area contributed by atoms with Crippen molar-refractivity contribution in [2.45, 2.75) is 78.4 Å². The molecule has 0 aliphatic rings. The van der Waals surface area contributed by atoms with E-state index in [1.165, 1.54) is 12.8 Å². The first-order chi connectivity index (χ1) is 12.7. The fourth-order valence-corrected chi connectivity index (χ4v) is 2.43. The van der Waals surface area contributed by atoms with Crippen molar-refractivity contribution in [3.63, 3.8) is 0 Å². The maximum atomic E-state index is 12.5. The topological polar surface area (TPSA) is 61.8 Å². The number of carbonyl (C=O) groups excluding carboxylic acids is 2. The predicted molar refractivity (Wildman–Crippen MR) is 106 cm³/mol. The Hall–Kier alpha value is -1.88. The lowest BCUT2D eigenvalue weighted by Gasteiger charge is -2.22. The number of ether oxygens (including phenoxy) is 3. The summed E-state index contributed by atoms with van der Waals surface area (Å²) in [6.45, 7) is 10.4. The van der Waals surface area contributed by atoms with Crippen LogP contribution >= 0.6 is 0 Å². The van der Waals surface area contributed by atoms with E-state index in [9.17, 15) is 9.59 Å². The number of carbonyl (C=O) groups is 2. The summed E-state index contributed by atoms with van der Waals surface area (Å²) in [5, 5.41) is 0. The van der Waals surface area contributed by atoms with Crippen LogP contribution in [0.4, 0.5) is 0 Å². The van der Waals surface area contributed by atoms with Crippen LogP contribution in [0, 0.1) is 0 Å². The average molecular weight is 379 g/mol. The third-order valence-electron chi connectivity index (χ3n) is 3.91. The van der Waals surface area contributed by atoms with Gasteiger partial charge in [0, 0.05) is 0 Å². The molecule has 1 atom stereocenters. The van der Waals surface area contributed by atoms with Gasteiger partial charge in [-0.2, -0.15) is 0 Å². The van der Waals surface area contributed by atoms with Gasteiger partial charge in [0.05, 0.1) is 29.9 Å². The Labute approximate surface area is 163 Å². The minimum atomic E-state index is -0.546. The van der Waals surface area contributed by atoms with E-state index in [0.29, 0.717) is 13.2 Å². The molecule has 1 unspecified atom stereocenters. The molecule has 0 fully saturated rings. The van der Waals surface area contributed by atoms with Gasteiger partial charge in [0.1, 0.15) is 6.10 Å². The second-order valence-corrected chi connectivity index (χ2v) is 7.74. The average Bonchev–Trinajstić information content (AvgIpc) is 2.62. The maximum absolute atomic E-state index is 12.5. The lowest BCUT2D eigenvalue weighted by atomic mass is 10.1. The summed E-state index contributed by atoms with van der Waals surface area (Å²) >= 11 is 0. The molecule has 0 radical (unpaired) electrons. The number of unbranched alkanes of at least 4 members (excludes halogenated alkanes) is 4. The summed E-state index contributed by atoms with van der Waals surface area (Å²) in [7, 11) is 0. The SMILES string of the molecule is CCCCCCCOC(=O)c1ccccc1C(=O)OC(C)COC(C)(C)C. The van der Waals surface area contributed by atoms with Gasteiger partial charge in [0.25, 0.3) is 0 Å². The normalized spacial score (nSPS) is 12.5. The van der Waals surface area contributed by atoms with E-state index in [-0.39, 0.29) is 16.7 Å². The molecule has 1 aromatic carbocycles. The van der Waals surface area contributed by atoms with E-state index in [1.54, 1.807) is 31.2 Å². The van der Waals surface area contributed by atoms with Gasteiger partial charge in [-0.15, -0.1) is 0 Å². The molecule has 0 aromatic heterocycles. The van der Waals surface area contributed by atoms with Crippen molar-refractivity contribution in [1.82, 2.24) is 0 Å². The fourth-order valence-electron chi connectivity index (χ4n) is 2.43. The molecule has 27 heavy (non-hydrogen) atoms. The highest BCUT2D eigenvalue weighted by Gasteiger charge is 2.21. The van der Waals surface area contributed by atoms with Crippen molar-refractivity contribution in [2.24, 2.45) is 0 Å². The van der Waals surface area contributed by atoms with Crippen molar-refractivity contribution in [2.75, 3.05) is 13.2 Å². The molecule has 0 saturated heterocycles. The van der Waals surface area contributed by atoms with Gasteiger partial charge in [-0.05, 0) is 46.2 Å². The summed E-state index contributed by atoms with van der Waals surface area (Å²) < 4.78 is 16.4. The van der Waals surface area contributed by atoms with Crippen molar-refractivity contribution in [3.05, 3.63) is 35.4 Å². The zero-order chi connectivity index (χ0) is 20.3. The Morgan fingerprint density at radius 2 is 1.56 bits per heavy atom. The van der Waals surface area contributed by atoms with E-state index in [2.05, 4.69) is 6.92 Å². The van der Waals surface area contributed by atoms with Crippen LogP contribution in [0.15, 0.2) is 24.3 Å². The molecule has 0 spiro atoms. The molecule has 0 heterocycles. The van der Waals surface area contributed by atoms with Crippen molar-refractivity contribution in [1.29, 1.82) is 0 Å². The minimum absolute atomic E-state index is 0.219. The second-order valence-electron chi connectivity index (χ2n) is 7.74. The Kier molecular flexibility index (Phi) is 10.1. The number of esters is 2. The molecule has 0 saturated carbocycles. The summed E-state index contributed by atoms with van der Waals surface area (Å²) in [5.74, 6) is -1.04. The molecular weight excluding hydrogens is 344 g/mol. The Balaban J connectivity index is 2.59. The van der Waals surface area contributed by atoms with Gasteiger partial charge in [-0.3, -0.25) is 0 Å². The summed E-state index contributed by atoms with van der Waals surface area (Å²) in [4.78, 5) is 24.8. The minimum Gasteiger partial charge on any atom is -0.462 e. The highest BCUT2D eigenvalue weighted by Crippen LogP contribution is 2.15. The van der Waals surface area contributed by atoms with Gasteiger partial charge < -0.3 is 14.2 Å². The van der Waals surface area contributed by atoms with E-state index in [0.717, 1.165) is 19.3 Å². The third-order valence-corrected chi connectivity index (χ3v) is 3.91. The first-order valence-corrected chi connectivity index (χ1v) is 9.85. The molecule has 1 aromatic rings. The van der Waals surface area contributed by atoms with Gasteiger partial charge in [0.15, 0.2) is 0 Å². The predicted octanol–water partition coefficient (Wildman–Crippen LogP) is 5.17. The van der Waals surface area contributed by atoms with E-state index in [1.807, 2.05) is 20.8 Å². The highest BCUT2D eigenvalue weighted by molar-refractivity contribution is 6.03. The highest BCUT2D eigenvalue weighted by atomic mass is 16.6. The molecule has 152 valence electrons. The van der Waals surface area contributed by atoms with E-state index in [4.69, 9.17) is 14.2 Å². The standard InChI is InChI=1S/C22H34O5/c1-6-7-8-9-12-15-25-20(23)18-13-10-11-14-19(18)21(24)27-17(2)16-26-22(3,4)5/h10-11,13-14,17H,6-9,12,15-16H2,1-5H3. The summed E-state index contributed by atoms with van der Waals surface area (Å²) in [5.41, 5.74) is 0.149. The van der Waals surface area contributed by atoms with Crippen LogP contribution in [0.25, 0.3) is 0 Å². The largest absolute Gasteiger partial charge is 0.462 e. The molecule has 0 amide bonds. The van der Waals surface area contributed by atoms with Crippen LogP contribution in [0.1, 0.15) is 87.4 Å². The van der Waals surface area contributed by atoms with Crippen LogP contribution in [-0.4, -0.2) is 36.9 Å². The molecule has 1 rings (SSSR count). The molecular formula is C22H34O5. The van der Waals surface area contributed by atoms with Gasteiger partial charge in [-0.1, -0.05) is 44.7 Å². The molecule has 5 heteroatoms. The number of hydrogen-bond donors (Lipinski definition) is 0. The zero-order valence-electron chi connectivity index (χ0n) is 17.4. The first-order valence-electron chi connectivity index (χ1n) is 9.85. The van der Waals surface area contributed by atoms with Crippen molar-refractivity contribution >= 4 is 11.9 Å².